The van der Waals surface area contributed by atoms with Crippen LogP contribution in [0.3, 0.4) is 0 Å². The predicted octanol–water partition coefficient (Wildman–Crippen LogP) is 1.11. The molecule has 0 radical (unpaired) electrons. The Morgan fingerprint density at radius 2 is 2.26 bits per heavy atom. The zero-order valence-electron chi connectivity index (χ0n) is 10.6. The molecule has 2 N–H and O–H groups in total. The summed E-state index contributed by atoms with van der Waals surface area (Å²) in [6.45, 7) is 1.70. The molecule has 5 nitrogen and oxygen atoms in total. The highest BCUT2D eigenvalue weighted by Crippen LogP contribution is 2.13. The molecule has 98 valence electrons. The summed E-state index contributed by atoms with van der Waals surface area (Å²) >= 11 is 0. The van der Waals surface area contributed by atoms with Crippen molar-refractivity contribution in [2.24, 2.45) is 0 Å². The van der Waals surface area contributed by atoms with Crippen molar-refractivity contribution >= 4 is 16.9 Å². The van der Waals surface area contributed by atoms with Crippen molar-refractivity contribution in [3.05, 3.63) is 36.2 Å². The van der Waals surface area contributed by atoms with Gasteiger partial charge in [0.2, 0.25) is 0 Å². The largest absolute Gasteiger partial charge is 0.350 e. The Morgan fingerprint density at radius 1 is 1.37 bits per heavy atom. The van der Waals surface area contributed by atoms with Gasteiger partial charge >= 0.3 is 0 Å². The first-order chi connectivity index (χ1) is 9.34. The topological polar surface area (TPSA) is 66.9 Å². The van der Waals surface area contributed by atoms with E-state index in [1.165, 1.54) is 6.42 Å². The maximum atomic E-state index is 12.2. The van der Waals surface area contributed by atoms with E-state index in [1.54, 1.807) is 18.5 Å². The van der Waals surface area contributed by atoms with E-state index in [-0.39, 0.29) is 5.91 Å². The van der Waals surface area contributed by atoms with Crippen LogP contribution >= 0.6 is 0 Å². The number of carbonyl (C=O) groups excluding carboxylic acids is 1. The molecular formula is C14H16N4O. The van der Waals surface area contributed by atoms with Crippen molar-refractivity contribution in [1.29, 1.82) is 0 Å². The van der Waals surface area contributed by atoms with Gasteiger partial charge in [-0.15, -0.1) is 0 Å². The van der Waals surface area contributed by atoms with Crippen LogP contribution in [0.4, 0.5) is 0 Å². The lowest BCUT2D eigenvalue weighted by Crippen LogP contribution is -2.37. The number of para-hydroxylation sites is 1. The molecular weight excluding hydrogens is 240 g/mol. The molecule has 0 aliphatic carbocycles. The molecule has 5 heteroatoms. The molecule has 19 heavy (non-hydrogen) atoms. The summed E-state index contributed by atoms with van der Waals surface area (Å²) in [5, 5.41) is 6.32. The van der Waals surface area contributed by atoms with E-state index >= 15 is 0 Å². The average molecular weight is 256 g/mol. The summed E-state index contributed by atoms with van der Waals surface area (Å²) in [7, 11) is 0. The van der Waals surface area contributed by atoms with Crippen LogP contribution in [-0.4, -0.2) is 35.0 Å². The van der Waals surface area contributed by atoms with Gasteiger partial charge in [-0.2, -0.15) is 0 Å². The summed E-state index contributed by atoms with van der Waals surface area (Å²) in [4.78, 5) is 20.7. The number of aromatic nitrogens is 2. The average Bonchev–Trinajstić information content (AvgIpc) is 2.97. The van der Waals surface area contributed by atoms with Crippen molar-refractivity contribution in [1.82, 2.24) is 20.6 Å². The van der Waals surface area contributed by atoms with Gasteiger partial charge in [-0.3, -0.25) is 14.8 Å². The molecule has 0 spiro atoms. The molecule has 1 unspecified atom stereocenters. The van der Waals surface area contributed by atoms with Crippen LogP contribution in [0.25, 0.3) is 11.0 Å². The maximum absolute atomic E-state index is 12.2. The van der Waals surface area contributed by atoms with Gasteiger partial charge in [0.15, 0.2) is 0 Å². The first kappa shape index (κ1) is 12.0. The van der Waals surface area contributed by atoms with Crippen LogP contribution in [-0.2, 0) is 0 Å². The van der Waals surface area contributed by atoms with Crippen molar-refractivity contribution in [2.45, 2.75) is 18.9 Å². The van der Waals surface area contributed by atoms with Crippen LogP contribution < -0.4 is 10.6 Å². The molecule has 3 rings (SSSR count). The highest BCUT2D eigenvalue weighted by atomic mass is 16.1. The number of nitrogens with one attached hydrogen (secondary N) is 2. The van der Waals surface area contributed by atoms with Gasteiger partial charge in [0.05, 0.1) is 11.1 Å². The number of hydrogen-bond acceptors (Lipinski definition) is 4. The minimum atomic E-state index is -0.0835. The second-order valence-electron chi connectivity index (χ2n) is 4.73. The Hall–Kier alpha value is -2.01. The van der Waals surface area contributed by atoms with Gasteiger partial charge in [0.1, 0.15) is 5.52 Å². The smallest absolute Gasteiger partial charge is 0.253 e. The molecule has 1 aromatic heterocycles. The van der Waals surface area contributed by atoms with E-state index in [1.807, 2.05) is 12.1 Å². The van der Waals surface area contributed by atoms with Crippen LogP contribution in [0.2, 0.25) is 0 Å². The molecule has 1 saturated heterocycles. The lowest BCUT2D eigenvalue weighted by molar-refractivity contribution is 0.0952. The third-order valence-corrected chi connectivity index (χ3v) is 3.41. The normalized spacial score (nSPS) is 18.6. The van der Waals surface area contributed by atoms with Crippen molar-refractivity contribution in [3.8, 4) is 0 Å². The second-order valence-corrected chi connectivity index (χ2v) is 4.73. The van der Waals surface area contributed by atoms with E-state index in [0.717, 1.165) is 18.5 Å². The van der Waals surface area contributed by atoms with Gasteiger partial charge in [0.25, 0.3) is 5.91 Å². The summed E-state index contributed by atoms with van der Waals surface area (Å²) in [6.07, 6.45) is 5.54. The van der Waals surface area contributed by atoms with Gasteiger partial charge in [-0.05, 0) is 31.5 Å². The molecule has 1 atom stereocenters. The fraction of sp³-hybridized carbons (Fsp3) is 0.357. The molecule has 0 bridgehead atoms. The molecule has 1 amide bonds. The fourth-order valence-corrected chi connectivity index (χ4v) is 2.42. The first-order valence-electron chi connectivity index (χ1n) is 6.56. The highest BCUT2D eigenvalue weighted by Gasteiger charge is 2.16. The number of hydrogen-bond donors (Lipinski definition) is 2. The highest BCUT2D eigenvalue weighted by molar-refractivity contribution is 6.04. The van der Waals surface area contributed by atoms with Gasteiger partial charge in [0, 0.05) is 25.0 Å². The van der Waals surface area contributed by atoms with Crippen LogP contribution in [0.1, 0.15) is 23.2 Å². The fourth-order valence-electron chi connectivity index (χ4n) is 2.42. The predicted molar refractivity (Wildman–Crippen MR) is 72.9 cm³/mol. The molecule has 1 aromatic carbocycles. The maximum Gasteiger partial charge on any atom is 0.253 e. The molecule has 2 heterocycles. The number of fused-ring (bicyclic) bond motifs is 1. The molecule has 1 aliphatic rings. The van der Waals surface area contributed by atoms with Crippen molar-refractivity contribution in [2.75, 3.05) is 13.1 Å². The molecule has 2 aromatic rings. The van der Waals surface area contributed by atoms with Crippen LogP contribution in [0.15, 0.2) is 30.6 Å². The van der Waals surface area contributed by atoms with Gasteiger partial charge < -0.3 is 10.6 Å². The molecule has 0 saturated carbocycles. The first-order valence-corrected chi connectivity index (χ1v) is 6.56. The number of amides is 1. The molecule has 1 aliphatic heterocycles. The summed E-state index contributed by atoms with van der Waals surface area (Å²) in [6, 6.07) is 5.87. The number of nitrogens with zero attached hydrogens (tertiary/aromatic N) is 2. The van der Waals surface area contributed by atoms with Crippen molar-refractivity contribution < 1.29 is 4.79 Å². The number of benzene rings is 1. The summed E-state index contributed by atoms with van der Waals surface area (Å²) < 4.78 is 0. The standard InChI is InChI=1S/C14H16N4O/c19-14(18-9-10-3-2-6-15-10)11-4-1-5-12-13(11)17-8-7-16-12/h1,4-5,7-8,10,15H,2-3,6,9H2,(H,18,19). The minimum Gasteiger partial charge on any atom is -0.350 e. The Kier molecular flexibility index (Phi) is 3.37. The SMILES string of the molecule is O=C(NCC1CCCN1)c1cccc2nccnc12. The zero-order valence-corrected chi connectivity index (χ0v) is 10.6. The third-order valence-electron chi connectivity index (χ3n) is 3.41. The molecule has 1 fully saturated rings. The Labute approximate surface area is 111 Å². The van der Waals surface area contributed by atoms with Gasteiger partial charge in [-0.1, -0.05) is 6.07 Å². The van der Waals surface area contributed by atoms with Crippen LogP contribution in [0, 0.1) is 0 Å². The van der Waals surface area contributed by atoms with E-state index in [9.17, 15) is 4.79 Å². The third kappa shape index (κ3) is 2.56. The van der Waals surface area contributed by atoms with E-state index in [0.29, 0.717) is 23.7 Å². The van der Waals surface area contributed by atoms with Crippen molar-refractivity contribution in [3.63, 3.8) is 0 Å². The zero-order chi connectivity index (χ0) is 13.1. The summed E-state index contributed by atoms with van der Waals surface area (Å²) in [5.41, 5.74) is 1.99. The van der Waals surface area contributed by atoms with Crippen LogP contribution in [0.5, 0.6) is 0 Å². The number of rotatable bonds is 3. The summed E-state index contributed by atoms with van der Waals surface area (Å²) in [5.74, 6) is -0.0835. The number of carbonyl (C=O) groups is 1. The Bertz CT molecular complexity index is 588. The van der Waals surface area contributed by atoms with E-state index < -0.39 is 0 Å². The monoisotopic (exact) mass is 256 g/mol. The Balaban J connectivity index is 1.77. The van der Waals surface area contributed by atoms with Gasteiger partial charge in [-0.25, -0.2) is 0 Å². The lowest BCUT2D eigenvalue weighted by atomic mass is 10.1. The van der Waals surface area contributed by atoms with E-state index in [2.05, 4.69) is 20.6 Å². The van der Waals surface area contributed by atoms with E-state index in [4.69, 9.17) is 0 Å². The quantitative estimate of drug-likeness (QED) is 0.863. The lowest BCUT2D eigenvalue weighted by Gasteiger charge is -2.12. The second kappa shape index (κ2) is 5.32. The minimum absolute atomic E-state index is 0.0835. The Morgan fingerprint density at radius 3 is 3.11 bits per heavy atom.